The van der Waals surface area contributed by atoms with Gasteiger partial charge in [0.1, 0.15) is 0 Å². The molecule has 5 nitrogen and oxygen atoms in total. The van der Waals surface area contributed by atoms with Crippen LogP contribution in [0.4, 0.5) is 5.69 Å². The Balaban J connectivity index is 1.44. The zero-order chi connectivity index (χ0) is 19.5. The number of carbonyl (C=O) groups excluding carboxylic acids is 2. The fraction of sp³-hybridized carbons (Fsp3) is 0.391. The predicted molar refractivity (Wildman–Crippen MR) is 108 cm³/mol. The largest absolute Gasteiger partial charge is 0.465 e. The Morgan fingerprint density at radius 1 is 1.11 bits per heavy atom. The van der Waals surface area contributed by atoms with Gasteiger partial charge in [-0.15, -0.1) is 0 Å². The maximum absolute atomic E-state index is 13.2. The van der Waals surface area contributed by atoms with E-state index in [0.717, 1.165) is 50.1 Å². The van der Waals surface area contributed by atoms with Crippen LogP contribution in [0.1, 0.15) is 34.3 Å². The second-order valence-corrected chi connectivity index (χ2v) is 7.63. The van der Waals surface area contributed by atoms with Gasteiger partial charge in [-0.05, 0) is 55.1 Å². The van der Waals surface area contributed by atoms with Crippen molar-refractivity contribution in [1.82, 2.24) is 4.90 Å². The van der Waals surface area contributed by atoms with Crippen LogP contribution in [0.25, 0.3) is 0 Å². The summed E-state index contributed by atoms with van der Waals surface area (Å²) < 4.78 is 4.80. The highest BCUT2D eigenvalue weighted by Crippen LogP contribution is 2.32. The summed E-state index contributed by atoms with van der Waals surface area (Å²) in [6.45, 7) is 3.43. The Bertz CT molecular complexity index is 865. The fourth-order valence-corrected chi connectivity index (χ4v) is 4.34. The Labute approximate surface area is 165 Å². The number of rotatable bonds is 4. The number of likely N-dealkylation sites (tertiary alicyclic amines) is 1. The molecule has 0 spiro atoms. The first kappa shape index (κ1) is 18.7. The van der Waals surface area contributed by atoms with Gasteiger partial charge < -0.3 is 9.64 Å². The van der Waals surface area contributed by atoms with E-state index in [1.54, 1.807) is 6.07 Å². The minimum absolute atomic E-state index is 0.0312. The molecule has 0 radical (unpaired) electrons. The number of methoxy groups -OCH3 is 1. The Morgan fingerprint density at radius 2 is 1.93 bits per heavy atom. The summed E-state index contributed by atoms with van der Waals surface area (Å²) in [6.07, 6.45) is 2.77. The molecule has 1 unspecified atom stereocenters. The molecular weight excluding hydrogens is 352 g/mol. The van der Waals surface area contributed by atoms with Crippen molar-refractivity contribution in [2.45, 2.75) is 25.8 Å². The number of fused-ring (bicyclic) bond motifs is 1. The van der Waals surface area contributed by atoms with E-state index < -0.39 is 0 Å². The average Bonchev–Trinajstić information content (AvgIpc) is 3.16. The van der Waals surface area contributed by atoms with Crippen molar-refractivity contribution in [2.75, 3.05) is 31.6 Å². The minimum Gasteiger partial charge on any atom is -0.465 e. The van der Waals surface area contributed by atoms with Gasteiger partial charge in [-0.2, -0.15) is 0 Å². The van der Waals surface area contributed by atoms with Gasteiger partial charge in [-0.3, -0.25) is 9.69 Å². The molecule has 28 heavy (non-hydrogen) atoms. The number of hydrogen-bond acceptors (Lipinski definition) is 4. The molecule has 2 aromatic rings. The van der Waals surface area contributed by atoms with Crippen molar-refractivity contribution in [3.05, 3.63) is 65.2 Å². The lowest BCUT2D eigenvalue weighted by Gasteiger charge is -2.34. The van der Waals surface area contributed by atoms with E-state index in [1.807, 2.05) is 23.1 Å². The highest BCUT2D eigenvalue weighted by Gasteiger charge is 2.33. The maximum Gasteiger partial charge on any atom is 0.337 e. The number of anilines is 1. The number of ether oxygens (including phenoxy) is 1. The van der Waals surface area contributed by atoms with E-state index in [-0.39, 0.29) is 17.8 Å². The highest BCUT2D eigenvalue weighted by atomic mass is 16.5. The summed E-state index contributed by atoms with van der Waals surface area (Å²) >= 11 is 0. The van der Waals surface area contributed by atoms with Gasteiger partial charge in [0.15, 0.2) is 0 Å². The molecule has 4 rings (SSSR count). The van der Waals surface area contributed by atoms with Crippen LogP contribution in [0.5, 0.6) is 0 Å². The third-order valence-corrected chi connectivity index (χ3v) is 5.77. The summed E-state index contributed by atoms with van der Waals surface area (Å²) in [5, 5.41) is 0. The van der Waals surface area contributed by atoms with Crippen LogP contribution in [-0.2, 0) is 22.5 Å². The number of nitrogens with zero attached hydrogens (tertiary/aromatic N) is 2. The van der Waals surface area contributed by atoms with Crippen LogP contribution in [0.2, 0.25) is 0 Å². The van der Waals surface area contributed by atoms with Gasteiger partial charge >= 0.3 is 5.97 Å². The van der Waals surface area contributed by atoms with E-state index in [9.17, 15) is 9.59 Å². The van der Waals surface area contributed by atoms with Gasteiger partial charge in [0.2, 0.25) is 5.91 Å². The molecule has 0 N–H and O–H groups in total. The molecule has 1 amide bonds. The van der Waals surface area contributed by atoms with E-state index in [0.29, 0.717) is 12.1 Å². The number of benzene rings is 2. The molecule has 0 saturated carbocycles. The van der Waals surface area contributed by atoms with E-state index >= 15 is 0 Å². The van der Waals surface area contributed by atoms with Gasteiger partial charge in [-0.25, -0.2) is 4.79 Å². The van der Waals surface area contributed by atoms with Gasteiger partial charge in [0, 0.05) is 25.3 Å². The molecule has 0 bridgehead atoms. The van der Waals surface area contributed by atoms with Crippen molar-refractivity contribution in [2.24, 2.45) is 5.92 Å². The summed E-state index contributed by atoms with van der Waals surface area (Å²) in [7, 11) is 1.38. The molecule has 1 saturated heterocycles. The number of amides is 1. The normalized spacial score (nSPS) is 19.3. The van der Waals surface area contributed by atoms with E-state index in [2.05, 4.69) is 29.2 Å². The zero-order valence-corrected chi connectivity index (χ0v) is 16.3. The zero-order valence-electron chi connectivity index (χ0n) is 16.3. The van der Waals surface area contributed by atoms with Crippen molar-refractivity contribution < 1.29 is 14.3 Å². The third-order valence-electron chi connectivity index (χ3n) is 5.77. The average molecular weight is 378 g/mol. The number of hydrogen-bond donors (Lipinski definition) is 0. The molecule has 2 aliphatic rings. The first-order valence-corrected chi connectivity index (χ1v) is 9.94. The SMILES string of the molecule is COC(=O)c1ccc2c(c1)CCN2C(=O)C1CCCN(Cc2ccccc2)C1. The smallest absolute Gasteiger partial charge is 0.337 e. The molecular formula is C23H26N2O3. The molecule has 1 atom stereocenters. The minimum atomic E-state index is -0.337. The lowest BCUT2D eigenvalue weighted by atomic mass is 9.96. The second kappa shape index (κ2) is 8.15. The monoisotopic (exact) mass is 378 g/mol. The van der Waals surface area contributed by atoms with Crippen molar-refractivity contribution in [1.29, 1.82) is 0 Å². The number of piperidine rings is 1. The van der Waals surface area contributed by atoms with E-state index in [4.69, 9.17) is 4.74 Å². The van der Waals surface area contributed by atoms with Crippen molar-refractivity contribution in [3.63, 3.8) is 0 Å². The molecule has 5 heteroatoms. The Morgan fingerprint density at radius 3 is 2.71 bits per heavy atom. The summed E-state index contributed by atoms with van der Waals surface area (Å²) in [4.78, 5) is 29.3. The first-order valence-electron chi connectivity index (χ1n) is 9.94. The molecule has 2 aromatic carbocycles. The molecule has 146 valence electrons. The second-order valence-electron chi connectivity index (χ2n) is 7.63. The van der Waals surface area contributed by atoms with Crippen molar-refractivity contribution >= 4 is 17.6 Å². The van der Waals surface area contributed by atoms with Crippen LogP contribution in [0.15, 0.2) is 48.5 Å². The highest BCUT2D eigenvalue weighted by molar-refractivity contribution is 5.98. The van der Waals surface area contributed by atoms with Gasteiger partial charge in [0.25, 0.3) is 0 Å². The maximum atomic E-state index is 13.2. The molecule has 2 aliphatic heterocycles. The Kier molecular flexibility index (Phi) is 5.44. The van der Waals surface area contributed by atoms with Crippen LogP contribution >= 0.6 is 0 Å². The summed E-state index contributed by atoms with van der Waals surface area (Å²) in [5.74, 6) is -0.0950. The topological polar surface area (TPSA) is 49.9 Å². The quantitative estimate of drug-likeness (QED) is 0.766. The van der Waals surface area contributed by atoms with Crippen LogP contribution in [0.3, 0.4) is 0 Å². The van der Waals surface area contributed by atoms with Crippen LogP contribution < -0.4 is 4.90 Å². The summed E-state index contributed by atoms with van der Waals surface area (Å²) in [5.41, 5.74) is 3.82. The van der Waals surface area contributed by atoms with Crippen LogP contribution in [-0.4, -0.2) is 43.5 Å². The fourth-order valence-electron chi connectivity index (χ4n) is 4.34. The molecule has 0 aliphatic carbocycles. The molecule has 1 fully saturated rings. The Hall–Kier alpha value is -2.66. The first-order chi connectivity index (χ1) is 13.7. The van der Waals surface area contributed by atoms with Gasteiger partial charge in [0.05, 0.1) is 18.6 Å². The number of esters is 1. The number of carbonyl (C=O) groups is 2. The lowest BCUT2D eigenvalue weighted by molar-refractivity contribution is -0.124. The third kappa shape index (κ3) is 3.80. The van der Waals surface area contributed by atoms with E-state index in [1.165, 1.54) is 12.7 Å². The molecule has 0 aromatic heterocycles. The lowest BCUT2D eigenvalue weighted by Crippen LogP contribution is -2.44. The molecule has 2 heterocycles. The summed E-state index contributed by atoms with van der Waals surface area (Å²) in [6, 6.07) is 15.9. The van der Waals surface area contributed by atoms with Crippen LogP contribution in [0, 0.1) is 5.92 Å². The predicted octanol–water partition coefficient (Wildman–Crippen LogP) is 3.27. The van der Waals surface area contributed by atoms with Gasteiger partial charge in [-0.1, -0.05) is 30.3 Å². The standard InChI is InChI=1S/C23H26N2O3/c1-28-23(27)19-9-10-21-18(14-19)11-13-25(21)22(26)20-8-5-12-24(16-20)15-17-6-3-2-4-7-17/h2-4,6-7,9-10,14,20H,5,8,11-13,15-16H2,1H3. The van der Waals surface area contributed by atoms with Crippen molar-refractivity contribution in [3.8, 4) is 0 Å².